The van der Waals surface area contributed by atoms with Crippen molar-refractivity contribution in [2.75, 3.05) is 7.11 Å². The number of nitrogens with zero attached hydrogens (tertiary/aromatic N) is 1. The average Bonchev–Trinajstić information content (AvgIpc) is 2.35. The van der Waals surface area contributed by atoms with E-state index in [4.69, 9.17) is 9.84 Å². The number of hydrogen-bond donors (Lipinski definition) is 2. The highest BCUT2D eigenvalue weighted by Gasteiger charge is 2.26. The number of non-ortho nitro benzene ring substituents is 1. The molecule has 0 bridgehead atoms. The zero-order chi connectivity index (χ0) is 14.6. The van der Waals surface area contributed by atoms with E-state index in [9.17, 15) is 14.9 Å². The summed E-state index contributed by atoms with van der Waals surface area (Å²) in [6.07, 6.45) is 0. The average molecular weight is 268 g/mol. The number of nitro benzene ring substituents is 1. The van der Waals surface area contributed by atoms with Crippen molar-refractivity contribution < 1.29 is 19.6 Å². The maximum atomic E-state index is 11.0. The molecule has 1 aromatic carbocycles. The maximum absolute atomic E-state index is 11.0. The van der Waals surface area contributed by atoms with Gasteiger partial charge < -0.3 is 9.84 Å². The lowest BCUT2D eigenvalue weighted by Gasteiger charge is -2.21. The lowest BCUT2D eigenvalue weighted by Crippen LogP contribution is -2.46. The van der Waals surface area contributed by atoms with Crippen LogP contribution in [0.1, 0.15) is 19.4 Å². The van der Waals surface area contributed by atoms with Gasteiger partial charge in [0, 0.05) is 24.2 Å². The molecule has 0 aromatic heterocycles. The third kappa shape index (κ3) is 3.65. The summed E-state index contributed by atoms with van der Waals surface area (Å²) in [4.78, 5) is 21.2. The molecule has 0 atom stereocenters. The van der Waals surface area contributed by atoms with Gasteiger partial charge in [-0.25, -0.2) is 0 Å². The minimum Gasteiger partial charge on any atom is -0.496 e. The van der Waals surface area contributed by atoms with Gasteiger partial charge in [-0.15, -0.1) is 0 Å². The Morgan fingerprint density at radius 2 is 2.16 bits per heavy atom. The molecule has 0 aliphatic heterocycles. The Labute approximate surface area is 110 Å². The minimum absolute atomic E-state index is 0.0641. The van der Waals surface area contributed by atoms with Gasteiger partial charge in [0.1, 0.15) is 11.3 Å². The van der Waals surface area contributed by atoms with E-state index in [-0.39, 0.29) is 12.2 Å². The SMILES string of the molecule is COc1ccc([N+](=O)[O-])cc1CNC(C)(C)C(=O)O. The highest BCUT2D eigenvalue weighted by Crippen LogP contribution is 2.24. The van der Waals surface area contributed by atoms with E-state index >= 15 is 0 Å². The van der Waals surface area contributed by atoms with Crippen LogP contribution in [-0.4, -0.2) is 28.6 Å². The van der Waals surface area contributed by atoms with Gasteiger partial charge in [0.2, 0.25) is 0 Å². The predicted molar refractivity (Wildman–Crippen MR) is 68.2 cm³/mol. The molecular weight excluding hydrogens is 252 g/mol. The Bertz CT molecular complexity index is 499. The van der Waals surface area contributed by atoms with Crippen LogP contribution in [0, 0.1) is 10.1 Å². The molecule has 0 spiro atoms. The molecule has 0 radical (unpaired) electrons. The Hall–Kier alpha value is -2.15. The van der Waals surface area contributed by atoms with E-state index in [0.29, 0.717) is 11.3 Å². The van der Waals surface area contributed by atoms with E-state index in [1.807, 2.05) is 0 Å². The van der Waals surface area contributed by atoms with Crippen LogP contribution < -0.4 is 10.1 Å². The molecule has 0 aliphatic rings. The summed E-state index contributed by atoms with van der Waals surface area (Å²) in [7, 11) is 1.45. The number of aliphatic carboxylic acids is 1. The molecular formula is C12H16N2O5. The summed E-state index contributed by atoms with van der Waals surface area (Å²) in [6.45, 7) is 3.18. The Kier molecular flexibility index (Phi) is 4.44. The van der Waals surface area contributed by atoms with Crippen LogP contribution in [-0.2, 0) is 11.3 Å². The van der Waals surface area contributed by atoms with Gasteiger partial charge in [-0.3, -0.25) is 20.2 Å². The molecule has 0 saturated heterocycles. The normalized spacial score (nSPS) is 11.1. The van der Waals surface area contributed by atoms with Gasteiger partial charge in [0.15, 0.2) is 0 Å². The number of nitro groups is 1. The fourth-order valence-electron chi connectivity index (χ4n) is 1.41. The highest BCUT2D eigenvalue weighted by molar-refractivity contribution is 5.77. The molecule has 1 rings (SSSR count). The lowest BCUT2D eigenvalue weighted by atomic mass is 10.1. The molecule has 0 fully saturated rings. The topological polar surface area (TPSA) is 102 Å². The van der Waals surface area contributed by atoms with Crippen LogP contribution in [0.25, 0.3) is 0 Å². The molecule has 0 saturated carbocycles. The Morgan fingerprint density at radius 1 is 1.53 bits per heavy atom. The van der Waals surface area contributed by atoms with Gasteiger partial charge in [0.25, 0.3) is 5.69 Å². The molecule has 2 N–H and O–H groups in total. The smallest absolute Gasteiger partial charge is 0.323 e. The third-order valence-electron chi connectivity index (χ3n) is 2.73. The Morgan fingerprint density at radius 3 is 2.63 bits per heavy atom. The van der Waals surface area contributed by atoms with Crippen molar-refractivity contribution in [3.05, 3.63) is 33.9 Å². The number of hydrogen-bond acceptors (Lipinski definition) is 5. The molecule has 7 heteroatoms. The van der Waals surface area contributed by atoms with Crippen LogP contribution in [0.4, 0.5) is 5.69 Å². The van der Waals surface area contributed by atoms with E-state index in [2.05, 4.69) is 5.32 Å². The summed E-state index contributed by atoms with van der Waals surface area (Å²) in [5, 5.41) is 22.5. The quantitative estimate of drug-likeness (QED) is 0.599. The lowest BCUT2D eigenvalue weighted by molar-refractivity contribution is -0.384. The fourth-order valence-corrected chi connectivity index (χ4v) is 1.41. The van der Waals surface area contributed by atoms with Crippen molar-refractivity contribution in [3.63, 3.8) is 0 Å². The molecule has 0 amide bonds. The van der Waals surface area contributed by atoms with Crippen LogP contribution >= 0.6 is 0 Å². The number of nitrogens with one attached hydrogen (secondary N) is 1. The number of carboxylic acid groups (broad SMARTS) is 1. The largest absolute Gasteiger partial charge is 0.496 e. The van der Waals surface area contributed by atoms with E-state index in [1.54, 1.807) is 0 Å². The van der Waals surface area contributed by atoms with Crippen LogP contribution in [0.5, 0.6) is 5.75 Å². The third-order valence-corrected chi connectivity index (χ3v) is 2.73. The number of ether oxygens (including phenoxy) is 1. The molecule has 104 valence electrons. The number of carboxylic acids is 1. The van der Waals surface area contributed by atoms with Crippen LogP contribution in [0.3, 0.4) is 0 Å². The molecule has 7 nitrogen and oxygen atoms in total. The minimum atomic E-state index is -1.13. The maximum Gasteiger partial charge on any atom is 0.323 e. The number of carbonyl (C=O) groups is 1. The first-order chi connectivity index (χ1) is 8.77. The van der Waals surface area contributed by atoms with E-state index in [0.717, 1.165) is 0 Å². The first-order valence-electron chi connectivity index (χ1n) is 5.57. The summed E-state index contributed by atoms with van der Waals surface area (Å²) >= 11 is 0. The second kappa shape index (κ2) is 5.66. The Balaban J connectivity index is 2.96. The molecule has 1 aromatic rings. The van der Waals surface area contributed by atoms with Crippen molar-refractivity contribution in [1.82, 2.24) is 5.32 Å². The zero-order valence-corrected chi connectivity index (χ0v) is 11.0. The van der Waals surface area contributed by atoms with Crippen molar-refractivity contribution >= 4 is 11.7 Å². The summed E-state index contributed by atoms with van der Waals surface area (Å²) < 4.78 is 5.10. The van der Waals surface area contributed by atoms with E-state index < -0.39 is 16.4 Å². The van der Waals surface area contributed by atoms with Gasteiger partial charge in [0.05, 0.1) is 12.0 Å². The first-order valence-corrected chi connectivity index (χ1v) is 5.57. The summed E-state index contributed by atoms with van der Waals surface area (Å²) in [5.41, 5.74) is -0.660. The monoisotopic (exact) mass is 268 g/mol. The van der Waals surface area contributed by atoms with E-state index in [1.165, 1.54) is 39.2 Å². The number of rotatable bonds is 6. The highest BCUT2D eigenvalue weighted by atomic mass is 16.6. The predicted octanol–water partition coefficient (Wildman–Crippen LogP) is 1.56. The van der Waals surface area contributed by atoms with Gasteiger partial charge in [-0.1, -0.05) is 0 Å². The molecule has 0 heterocycles. The second-order valence-corrected chi connectivity index (χ2v) is 4.54. The zero-order valence-electron chi connectivity index (χ0n) is 11.0. The second-order valence-electron chi connectivity index (χ2n) is 4.54. The summed E-state index contributed by atoms with van der Waals surface area (Å²) in [5.74, 6) is -0.531. The molecule has 19 heavy (non-hydrogen) atoms. The standard InChI is InChI=1S/C12H16N2O5/c1-12(2,11(15)16)13-7-8-6-9(14(17)18)4-5-10(8)19-3/h4-6,13H,7H2,1-3H3,(H,15,16). The number of methoxy groups -OCH3 is 1. The fraction of sp³-hybridized carbons (Fsp3) is 0.417. The van der Waals surface area contributed by atoms with Gasteiger partial charge in [-0.2, -0.15) is 0 Å². The molecule has 0 aliphatic carbocycles. The summed E-state index contributed by atoms with van der Waals surface area (Å²) in [6, 6.07) is 4.19. The van der Waals surface area contributed by atoms with Gasteiger partial charge >= 0.3 is 5.97 Å². The first kappa shape index (κ1) is 14.9. The van der Waals surface area contributed by atoms with Crippen molar-refractivity contribution in [2.24, 2.45) is 0 Å². The van der Waals surface area contributed by atoms with Crippen LogP contribution in [0.2, 0.25) is 0 Å². The molecule has 0 unspecified atom stereocenters. The van der Waals surface area contributed by atoms with Crippen molar-refractivity contribution in [1.29, 1.82) is 0 Å². The van der Waals surface area contributed by atoms with Crippen molar-refractivity contribution in [2.45, 2.75) is 25.9 Å². The van der Waals surface area contributed by atoms with Crippen LogP contribution in [0.15, 0.2) is 18.2 Å². The number of benzene rings is 1. The van der Waals surface area contributed by atoms with Gasteiger partial charge in [-0.05, 0) is 19.9 Å². The van der Waals surface area contributed by atoms with Crippen molar-refractivity contribution in [3.8, 4) is 5.75 Å².